The van der Waals surface area contributed by atoms with Gasteiger partial charge >= 0.3 is 0 Å². The molecular formula is C13H23NO. The van der Waals surface area contributed by atoms with Gasteiger partial charge in [0.1, 0.15) is 5.72 Å². The van der Waals surface area contributed by atoms with E-state index in [1.807, 2.05) is 0 Å². The van der Waals surface area contributed by atoms with Crippen LogP contribution in [0.15, 0.2) is 0 Å². The van der Waals surface area contributed by atoms with Crippen molar-refractivity contribution in [3.05, 3.63) is 0 Å². The molecule has 1 atom stereocenters. The monoisotopic (exact) mass is 209 g/mol. The average molecular weight is 209 g/mol. The van der Waals surface area contributed by atoms with Crippen molar-refractivity contribution in [1.29, 1.82) is 0 Å². The molecule has 86 valence electrons. The molecular weight excluding hydrogens is 186 g/mol. The third-order valence-electron chi connectivity index (χ3n) is 4.63. The minimum Gasteiger partial charge on any atom is -0.360 e. The van der Waals surface area contributed by atoms with Crippen molar-refractivity contribution in [2.75, 3.05) is 13.2 Å². The molecule has 1 aliphatic heterocycles. The van der Waals surface area contributed by atoms with Crippen LogP contribution >= 0.6 is 0 Å². The van der Waals surface area contributed by atoms with Crippen LogP contribution in [0.2, 0.25) is 0 Å². The molecule has 3 aliphatic rings. The third kappa shape index (κ3) is 2.07. The summed E-state index contributed by atoms with van der Waals surface area (Å²) in [6.07, 6.45) is 8.01. The first-order chi connectivity index (χ1) is 7.27. The van der Waals surface area contributed by atoms with E-state index in [1.54, 1.807) is 0 Å². The minimum absolute atomic E-state index is 0.0813. The van der Waals surface area contributed by atoms with Crippen molar-refractivity contribution in [3.63, 3.8) is 0 Å². The van der Waals surface area contributed by atoms with Crippen LogP contribution in [0.1, 0.15) is 45.4 Å². The Morgan fingerprint density at radius 2 is 1.80 bits per heavy atom. The third-order valence-corrected chi connectivity index (χ3v) is 4.63. The molecule has 15 heavy (non-hydrogen) atoms. The maximum atomic E-state index is 6.16. The van der Waals surface area contributed by atoms with Crippen LogP contribution in [0.5, 0.6) is 0 Å². The number of hydrogen-bond donors (Lipinski definition) is 1. The van der Waals surface area contributed by atoms with Gasteiger partial charge < -0.3 is 4.74 Å². The van der Waals surface area contributed by atoms with Gasteiger partial charge in [0.15, 0.2) is 0 Å². The van der Waals surface area contributed by atoms with E-state index < -0.39 is 0 Å². The predicted octanol–water partition coefficient (Wildman–Crippen LogP) is 2.54. The van der Waals surface area contributed by atoms with Gasteiger partial charge in [-0.15, -0.1) is 0 Å². The zero-order chi connectivity index (χ0) is 10.3. The van der Waals surface area contributed by atoms with Crippen LogP contribution < -0.4 is 5.32 Å². The van der Waals surface area contributed by atoms with Crippen LogP contribution in [0.4, 0.5) is 0 Å². The van der Waals surface area contributed by atoms with Crippen molar-refractivity contribution in [2.45, 2.75) is 51.2 Å². The molecule has 2 nitrogen and oxygen atoms in total. The second-order valence-electron chi connectivity index (χ2n) is 5.97. The molecule has 3 rings (SSSR count). The smallest absolute Gasteiger partial charge is 0.119 e. The molecule has 0 aromatic carbocycles. The molecule has 0 radical (unpaired) electrons. The van der Waals surface area contributed by atoms with E-state index in [0.29, 0.717) is 0 Å². The van der Waals surface area contributed by atoms with Gasteiger partial charge in [0.05, 0.1) is 6.61 Å². The maximum absolute atomic E-state index is 6.16. The molecule has 2 saturated carbocycles. The summed E-state index contributed by atoms with van der Waals surface area (Å²) >= 11 is 0. The fourth-order valence-corrected chi connectivity index (χ4v) is 3.11. The largest absolute Gasteiger partial charge is 0.360 e. The summed E-state index contributed by atoms with van der Waals surface area (Å²) in [4.78, 5) is 0. The maximum Gasteiger partial charge on any atom is 0.119 e. The number of ether oxygens (including phenoxy) is 1. The highest BCUT2D eigenvalue weighted by Crippen LogP contribution is 2.41. The van der Waals surface area contributed by atoms with Crippen molar-refractivity contribution < 1.29 is 4.74 Å². The Hall–Kier alpha value is -0.0800. The van der Waals surface area contributed by atoms with E-state index >= 15 is 0 Å². The van der Waals surface area contributed by atoms with Crippen LogP contribution in [0, 0.1) is 17.8 Å². The highest BCUT2D eigenvalue weighted by Gasteiger charge is 2.42. The highest BCUT2D eigenvalue weighted by molar-refractivity contribution is 4.92. The zero-order valence-corrected chi connectivity index (χ0v) is 9.80. The van der Waals surface area contributed by atoms with Crippen LogP contribution in [-0.2, 0) is 4.74 Å². The quantitative estimate of drug-likeness (QED) is 0.716. The van der Waals surface area contributed by atoms with Gasteiger partial charge in [-0.25, -0.2) is 0 Å². The molecule has 0 bridgehead atoms. The average Bonchev–Trinajstić information content (AvgIpc) is 3.08. The summed E-state index contributed by atoms with van der Waals surface area (Å²) in [5.74, 6) is 2.70. The Bertz CT molecular complexity index is 219. The lowest BCUT2D eigenvalue weighted by Gasteiger charge is -2.45. The van der Waals surface area contributed by atoms with Gasteiger partial charge in [0.25, 0.3) is 0 Å². The Kier molecular flexibility index (Phi) is 2.52. The van der Waals surface area contributed by atoms with Gasteiger partial charge in [-0.3, -0.25) is 5.32 Å². The summed E-state index contributed by atoms with van der Waals surface area (Å²) in [7, 11) is 0. The SMILES string of the molecule is CC1CCC2(CC1)NCC(C1CC1)CO2. The fraction of sp³-hybridized carbons (Fsp3) is 1.00. The second kappa shape index (κ2) is 3.74. The molecule has 1 N–H and O–H groups in total. The van der Waals surface area contributed by atoms with Crippen LogP contribution in [0.25, 0.3) is 0 Å². The lowest BCUT2D eigenvalue weighted by atomic mass is 9.83. The molecule has 2 aliphatic carbocycles. The zero-order valence-electron chi connectivity index (χ0n) is 9.80. The van der Waals surface area contributed by atoms with E-state index in [1.165, 1.54) is 45.1 Å². The summed E-state index contributed by atoms with van der Waals surface area (Å²) < 4.78 is 6.16. The minimum atomic E-state index is 0.0813. The number of nitrogens with one attached hydrogen (secondary N) is 1. The predicted molar refractivity (Wildman–Crippen MR) is 60.5 cm³/mol. The molecule has 1 saturated heterocycles. The summed E-state index contributed by atoms with van der Waals surface area (Å²) in [6.45, 7) is 4.59. The lowest BCUT2D eigenvalue weighted by molar-refractivity contribution is -0.142. The van der Waals surface area contributed by atoms with Crippen LogP contribution in [0.3, 0.4) is 0 Å². The first kappa shape index (κ1) is 10.1. The Labute approximate surface area is 92.8 Å². The topological polar surface area (TPSA) is 21.3 Å². The first-order valence-corrected chi connectivity index (χ1v) is 6.66. The van der Waals surface area contributed by atoms with Gasteiger partial charge in [0, 0.05) is 6.54 Å². The molecule has 3 fully saturated rings. The number of hydrogen-bond acceptors (Lipinski definition) is 2. The fourth-order valence-electron chi connectivity index (χ4n) is 3.11. The van der Waals surface area contributed by atoms with E-state index in [4.69, 9.17) is 4.74 Å². The van der Waals surface area contributed by atoms with Gasteiger partial charge in [-0.2, -0.15) is 0 Å². The van der Waals surface area contributed by atoms with Crippen molar-refractivity contribution in [1.82, 2.24) is 5.32 Å². The number of rotatable bonds is 1. The van der Waals surface area contributed by atoms with Crippen molar-refractivity contribution >= 4 is 0 Å². The summed E-state index contributed by atoms with van der Waals surface area (Å²) in [5.41, 5.74) is 0.0813. The van der Waals surface area contributed by atoms with Gasteiger partial charge in [-0.05, 0) is 56.3 Å². The standard InChI is InChI=1S/C13H23NO/c1-10-4-6-13(7-5-10)14-8-12(9-15-13)11-2-3-11/h10-12,14H,2-9H2,1H3. The Morgan fingerprint density at radius 3 is 2.33 bits per heavy atom. The normalized spacial score (nSPS) is 47.0. The van der Waals surface area contributed by atoms with E-state index in [9.17, 15) is 0 Å². The van der Waals surface area contributed by atoms with E-state index in [-0.39, 0.29) is 5.72 Å². The van der Waals surface area contributed by atoms with Crippen molar-refractivity contribution in [2.24, 2.45) is 17.8 Å². The molecule has 0 amide bonds. The van der Waals surface area contributed by atoms with E-state index in [0.717, 1.165) is 24.4 Å². The molecule has 2 heteroatoms. The molecule has 0 aromatic heterocycles. The highest BCUT2D eigenvalue weighted by atomic mass is 16.5. The molecule has 0 aromatic rings. The molecule has 1 heterocycles. The molecule has 1 unspecified atom stereocenters. The van der Waals surface area contributed by atoms with Gasteiger partial charge in [0.2, 0.25) is 0 Å². The summed E-state index contributed by atoms with van der Waals surface area (Å²) in [5, 5.41) is 3.70. The second-order valence-corrected chi connectivity index (χ2v) is 5.97. The summed E-state index contributed by atoms with van der Waals surface area (Å²) in [6, 6.07) is 0. The van der Waals surface area contributed by atoms with Gasteiger partial charge in [-0.1, -0.05) is 6.92 Å². The first-order valence-electron chi connectivity index (χ1n) is 6.66. The van der Waals surface area contributed by atoms with Crippen LogP contribution in [-0.4, -0.2) is 18.9 Å². The van der Waals surface area contributed by atoms with E-state index in [2.05, 4.69) is 12.2 Å². The lowest BCUT2D eigenvalue weighted by Crippen LogP contribution is -2.56. The Balaban J connectivity index is 1.55. The molecule has 1 spiro atoms. The van der Waals surface area contributed by atoms with Crippen molar-refractivity contribution in [3.8, 4) is 0 Å². The Morgan fingerprint density at radius 1 is 1.07 bits per heavy atom.